The predicted molar refractivity (Wildman–Crippen MR) is 74.9 cm³/mol. The van der Waals surface area contributed by atoms with Crippen LogP contribution >= 0.6 is 0 Å². The molecule has 1 aliphatic rings. The molecule has 1 heterocycles. The van der Waals surface area contributed by atoms with E-state index < -0.39 is 5.60 Å². The largest absolute Gasteiger partial charge is 0.491 e. The molecule has 1 atom stereocenters. The van der Waals surface area contributed by atoms with Gasteiger partial charge in [-0.1, -0.05) is 0 Å². The maximum Gasteiger partial charge on any atom is 0.251 e. The Bertz CT molecular complexity index is 449. The van der Waals surface area contributed by atoms with Gasteiger partial charge in [0.2, 0.25) is 0 Å². The zero-order valence-electron chi connectivity index (χ0n) is 11.9. The number of hydrogen-bond acceptors (Lipinski definition) is 4. The van der Waals surface area contributed by atoms with Gasteiger partial charge in [0.15, 0.2) is 0 Å². The molecule has 2 rings (SSSR count). The van der Waals surface area contributed by atoms with Gasteiger partial charge in [0, 0.05) is 25.1 Å². The zero-order valence-corrected chi connectivity index (χ0v) is 11.9. The Hall–Kier alpha value is -1.59. The van der Waals surface area contributed by atoms with E-state index in [1.807, 2.05) is 13.8 Å². The highest BCUT2D eigenvalue weighted by Gasteiger charge is 2.32. The van der Waals surface area contributed by atoms with E-state index in [1.165, 1.54) is 0 Å². The van der Waals surface area contributed by atoms with Crippen LogP contribution in [0, 0.1) is 0 Å². The second-order valence-corrected chi connectivity index (χ2v) is 5.40. The average Bonchev–Trinajstić information content (AvgIpc) is 2.84. The Labute approximate surface area is 118 Å². The molecule has 0 saturated carbocycles. The van der Waals surface area contributed by atoms with E-state index in [0.717, 1.165) is 5.75 Å². The van der Waals surface area contributed by atoms with Crippen molar-refractivity contribution in [2.75, 3.05) is 19.8 Å². The molecular formula is C15H21NO4. The van der Waals surface area contributed by atoms with Crippen molar-refractivity contribution in [3.05, 3.63) is 29.8 Å². The summed E-state index contributed by atoms with van der Waals surface area (Å²) in [4.78, 5) is 12.0. The molecule has 1 fully saturated rings. The van der Waals surface area contributed by atoms with Gasteiger partial charge in [0.25, 0.3) is 5.91 Å². The second kappa shape index (κ2) is 6.24. The Morgan fingerprint density at radius 1 is 1.45 bits per heavy atom. The van der Waals surface area contributed by atoms with Crippen molar-refractivity contribution in [3.8, 4) is 5.75 Å². The van der Waals surface area contributed by atoms with Gasteiger partial charge in [-0.05, 0) is 38.1 Å². The topological polar surface area (TPSA) is 67.8 Å². The second-order valence-electron chi connectivity index (χ2n) is 5.40. The lowest BCUT2D eigenvalue weighted by Gasteiger charge is -2.20. The van der Waals surface area contributed by atoms with Gasteiger partial charge in [-0.25, -0.2) is 0 Å². The number of benzene rings is 1. The Kier molecular flexibility index (Phi) is 4.62. The van der Waals surface area contributed by atoms with Crippen LogP contribution in [0.2, 0.25) is 0 Å². The summed E-state index contributed by atoms with van der Waals surface area (Å²) in [5.41, 5.74) is -0.389. The summed E-state index contributed by atoms with van der Waals surface area (Å²) in [5, 5.41) is 12.8. The van der Waals surface area contributed by atoms with Crippen LogP contribution in [-0.4, -0.2) is 42.5 Å². The number of carbonyl (C=O) groups is 1. The van der Waals surface area contributed by atoms with Crippen LogP contribution in [0.25, 0.3) is 0 Å². The fraction of sp³-hybridized carbons (Fsp3) is 0.533. The first kappa shape index (κ1) is 14.8. The number of aliphatic hydroxyl groups is 1. The molecular weight excluding hydrogens is 258 g/mol. The van der Waals surface area contributed by atoms with Gasteiger partial charge in [-0.2, -0.15) is 0 Å². The lowest BCUT2D eigenvalue weighted by Crippen LogP contribution is -2.43. The van der Waals surface area contributed by atoms with Gasteiger partial charge >= 0.3 is 0 Å². The van der Waals surface area contributed by atoms with E-state index in [0.29, 0.717) is 18.6 Å². The Morgan fingerprint density at radius 3 is 2.70 bits per heavy atom. The molecule has 5 nitrogen and oxygen atoms in total. The first-order chi connectivity index (χ1) is 9.48. The quantitative estimate of drug-likeness (QED) is 0.854. The maximum absolute atomic E-state index is 12.0. The number of nitrogens with one attached hydrogen (secondary N) is 1. The molecule has 0 spiro atoms. The van der Waals surface area contributed by atoms with Gasteiger partial charge in [-0.3, -0.25) is 4.79 Å². The van der Waals surface area contributed by atoms with E-state index in [2.05, 4.69) is 5.32 Å². The van der Waals surface area contributed by atoms with Crippen molar-refractivity contribution in [1.82, 2.24) is 5.32 Å². The molecule has 0 unspecified atom stereocenters. The highest BCUT2D eigenvalue weighted by Crippen LogP contribution is 2.18. The minimum atomic E-state index is -0.934. The minimum absolute atomic E-state index is 0.103. The molecule has 20 heavy (non-hydrogen) atoms. The third kappa shape index (κ3) is 3.95. The SMILES string of the molecule is CC(C)Oc1ccc(C(=O)NC[C@@]2(O)CCOC2)cc1. The maximum atomic E-state index is 12.0. The van der Waals surface area contributed by atoms with E-state index in [9.17, 15) is 9.90 Å². The minimum Gasteiger partial charge on any atom is -0.491 e. The Balaban J connectivity index is 1.89. The highest BCUT2D eigenvalue weighted by molar-refractivity contribution is 5.94. The van der Waals surface area contributed by atoms with Crippen LogP contribution in [0.5, 0.6) is 5.75 Å². The smallest absolute Gasteiger partial charge is 0.251 e. The first-order valence-electron chi connectivity index (χ1n) is 6.84. The molecule has 1 aliphatic heterocycles. The molecule has 1 saturated heterocycles. The monoisotopic (exact) mass is 279 g/mol. The molecule has 0 radical (unpaired) electrons. The van der Waals surface area contributed by atoms with Crippen molar-refractivity contribution in [2.45, 2.75) is 32.0 Å². The van der Waals surface area contributed by atoms with Crippen LogP contribution in [-0.2, 0) is 4.74 Å². The van der Waals surface area contributed by atoms with Gasteiger partial charge in [0.05, 0.1) is 12.7 Å². The predicted octanol–water partition coefficient (Wildman–Crippen LogP) is 1.35. The average molecular weight is 279 g/mol. The van der Waals surface area contributed by atoms with Crippen molar-refractivity contribution >= 4 is 5.91 Å². The van der Waals surface area contributed by atoms with Gasteiger partial charge in [0.1, 0.15) is 11.4 Å². The van der Waals surface area contributed by atoms with E-state index in [4.69, 9.17) is 9.47 Å². The molecule has 5 heteroatoms. The molecule has 1 aromatic rings. The van der Waals surface area contributed by atoms with E-state index in [-0.39, 0.29) is 25.2 Å². The number of hydrogen-bond donors (Lipinski definition) is 2. The summed E-state index contributed by atoms with van der Waals surface area (Å²) in [7, 11) is 0. The number of carbonyl (C=O) groups excluding carboxylic acids is 1. The van der Waals surface area contributed by atoms with Crippen LogP contribution in [0.3, 0.4) is 0 Å². The summed E-state index contributed by atoms with van der Waals surface area (Å²) in [6.45, 7) is 4.91. The summed E-state index contributed by atoms with van der Waals surface area (Å²) < 4.78 is 10.7. The van der Waals surface area contributed by atoms with E-state index >= 15 is 0 Å². The number of ether oxygens (including phenoxy) is 2. The standard InChI is InChI=1S/C15H21NO4/c1-11(2)20-13-5-3-12(4-6-13)14(17)16-9-15(18)7-8-19-10-15/h3-6,11,18H,7-10H2,1-2H3,(H,16,17)/t15-/m0/s1. The fourth-order valence-corrected chi connectivity index (χ4v) is 2.04. The normalized spacial score (nSPS) is 22.0. The van der Waals surface area contributed by atoms with Crippen LogP contribution in [0.1, 0.15) is 30.6 Å². The third-order valence-electron chi connectivity index (χ3n) is 3.15. The molecule has 1 amide bonds. The summed E-state index contributed by atoms with van der Waals surface area (Å²) in [6, 6.07) is 6.95. The van der Waals surface area contributed by atoms with Crippen molar-refractivity contribution in [1.29, 1.82) is 0 Å². The molecule has 110 valence electrons. The molecule has 0 bridgehead atoms. The van der Waals surface area contributed by atoms with E-state index in [1.54, 1.807) is 24.3 Å². The summed E-state index contributed by atoms with van der Waals surface area (Å²) in [5.74, 6) is 0.529. The Morgan fingerprint density at radius 2 is 2.15 bits per heavy atom. The highest BCUT2D eigenvalue weighted by atomic mass is 16.5. The summed E-state index contributed by atoms with van der Waals surface area (Å²) in [6.07, 6.45) is 0.653. The molecule has 1 aromatic carbocycles. The zero-order chi connectivity index (χ0) is 14.6. The summed E-state index contributed by atoms with van der Waals surface area (Å²) >= 11 is 0. The lowest BCUT2D eigenvalue weighted by atomic mass is 10.0. The van der Waals surface area contributed by atoms with Gasteiger partial charge < -0.3 is 19.9 Å². The van der Waals surface area contributed by atoms with Crippen LogP contribution in [0.4, 0.5) is 0 Å². The molecule has 0 aliphatic carbocycles. The van der Waals surface area contributed by atoms with Crippen molar-refractivity contribution < 1.29 is 19.4 Å². The van der Waals surface area contributed by atoms with Crippen LogP contribution < -0.4 is 10.1 Å². The lowest BCUT2D eigenvalue weighted by molar-refractivity contribution is 0.0264. The number of amides is 1. The number of rotatable bonds is 5. The molecule has 0 aromatic heterocycles. The molecule has 2 N–H and O–H groups in total. The van der Waals surface area contributed by atoms with Gasteiger partial charge in [-0.15, -0.1) is 0 Å². The fourth-order valence-electron chi connectivity index (χ4n) is 2.04. The van der Waals surface area contributed by atoms with Crippen molar-refractivity contribution in [3.63, 3.8) is 0 Å². The third-order valence-corrected chi connectivity index (χ3v) is 3.15. The van der Waals surface area contributed by atoms with Crippen LogP contribution in [0.15, 0.2) is 24.3 Å². The van der Waals surface area contributed by atoms with Crippen molar-refractivity contribution in [2.24, 2.45) is 0 Å². The first-order valence-corrected chi connectivity index (χ1v) is 6.84.